The summed E-state index contributed by atoms with van der Waals surface area (Å²) in [6.45, 7) is 6.43. The Kier molecular flexibility index (Phi) is 4.85. The molecule has 5 heteroatoms. The number of benzene rings is 1. The Morgan fingerprint density at radius 3 is 2.90 bits per heavy atom. The smallest absolute Gasteiger partial charge is 0.319 e. The van der Waals surface area contributed by atoms with Crippen LogP contribution in [0.1, 0.15) is 45.3 Å². The number of aliphatic hydroxyl groups is 1. The summed E-state index contributed by atoms with van der Waals surface area (Å²) in [5.74, 6) is 0. The highest BCUT2D eigenvalue weighted by molar-refractivity contribution is 5.89. The Hall–Kier alpha value is -1.59. The summed E-state index contributed by atoms with van der Waals surface area (Å²) < 4.78 is 5.64. The number of ether oxygens (including phenoxy) is 1. The lowest BCUT2D eigenvalue weighted by molar-refractivity contribution is -0.0609. The average Bonchev–Trinajstić information content (AvgIpc) is 2.37. The Morgan fingerprint density at radius 2 is 2.24 bits per heavy atom. The molecule has 1 aromatic rings. The number of nitrogens with one attached hydrogen (secondary N) is 2. The summed E-state index contributed by atoms with van der Waals surface area (Å²) in [6.07, 6.45) is 1.07. The lowest BCUT2D eigenvalue weighted by atomic mass is 9.94. The third-order valence-electron chi connectivity index (χ3n) is 3.66. The molecule has 2 rings (SSSR count). The van der Waals surface area contributed by atoms with Crippen LogP contribution < -0.4 is 10.6 Å². The molecule has 0 saturated carbocycles. The highest BCUT2D eigenvalue weighted by atomic mass is 16.5. The molecular formula is C16H24N2O3. The van der Waals surface area contributed by atoms with Crippen LogP contribution in [-0.2, 0) is 4.74 Å². The lowest BCUT2D eigenvalue weighted by Gasteiger charge is -2.35. The molecule has 0 aliphatic carbocycles. The number of aliphatic hydroxyl groups excluding tert-OH is 1. The van der Waals surface area contributed by atoms with Gasteiger partial charge in [-0.1, -0.05) is 12.1 Å². The molecule has 1 fully saturated rings. The molecule has 0 spiro atoms. The van der Waals surface area contributed by atoms with Gasteiger partial charge in [-0.25, -0.2) is 4.79 Å². The van der Waals surface area contributed by atoms with Crippen molar-refractivity contribution in [1.29, 1.82) is 0 Å². The second-order valence-electron chi connectivity index (χ2n) is 6.20. The molecular weight excluding hydrogens is 268 g/mol. The normalized spacial score (nSPS) is 22.4. The fourth-order valence-electron chi connectivity index (χ4n) is 2.58. The standard InChI is InChI=1S/C16H24N2O3/c1-11(19)12-5-4-6-13(9-12)17-15(20)18-14-7-8-21-16(2,3)10-14/h4-6,9,11,14,19H,7-8,10H2,1-3H3,(H2,17,18,20). The van der Waals surface area contributed by atoms with E-state index < -0.39 is 6.10 Å². The molecule has 116 valence electrons. The molecule has 2 amide bonds. The number of hydrogen-bond donors (Lipinski definition) is 3. The molecule has 0 aromatic heterocycles. The molecule has 1 heterocycles. The van der Waals surface area contributed by atoms with Crippen molar-refractivity contribution >= 4 is 11.7 Å². The van der Waals surface area contributed by atoms with Gasteiger partial charge in [-0.3, -0.25) is 0 Å². The largest absolute Gasteiger partial charge is 0.389 e. The molecule has 21 heavy (non-hydrogen) atoms. The number of rotatable bonds is 3. The summed E-state index contributed by atoms with van der Waals surface area (Å²) in [6, 6.07) is 7.12. The molecule has 5 nitrogen and oxygen atoms in total. The van der Waals surface area contributed by atoms with Crippen molar-refractivity contribution in [2.24, 2.45) is 0 Å². The van der Waals surface area contributed by atoms with Gasteiger partial charge >= 0.3 is 6.03 Å². The first-order chi connectivity index (χ1) is 9.85. The number of hydrogen-bond acceptors (Lipinski definition) is 3. The lowest BCUT2D eigenvalue weighted by Crippen LogP contribution is -2.47. The average molecular weight is 292 g/mol. The van der Waals surface area contributed by atoms with Crippen LogP contribution in [0.25, 0.3) is 0 Å². The van der Waals surface area contributed by atoms with E-state index in [0.29, 0.717) is 12.3 Å². The summed E-state index contributed by atoms with van der Waals surface area (Å²) in [7, 11) is 0. The van der Waals surface area contributed by atoms with Crippen LogP contribution in [0.5, 0.6) is 0 Å². The molecule has 0 bridgehead atoms. The van der Waals surface area contributed by atoms with Crippen LogP contribution in [-0.4, -0.2) is 29.4 Å². The van der Waals surface area contributed by atoms with Crippen molar-refractivity contribution in [1.82, 2.24) is 5.32 Å². The number of carbonyl (C=O) groups excluding carboxylic acids is 1. The van der Waals surface area contributed by atoms with Crippen molar-refractivity contribution in [2.75, 3.05) is 11.9 Å². The summed E-state index contributed by atoms with van der Waals surface area (Å²) in [4.78, 5) is 12.0. The number of carbonyl (C=O) groups is 1. The van der Waals surface area contributed by atoms with E-state index in [2.05, 4.69) is 10.6 Å². The molecule has 3 N–H and O–H groups in total. The zero-order valence-corrected chi connectivity index (χ0v) is 12.8. The van der Waals surface area contributed by atoms with Crippen molar-refractivity contribution in [3.63, 3.8) is 0 Å². The molecule has 0 radical (unpaired) electrons. The van der Waals surface area contributed by atoms with Gasteiger partial charge in [0.05, 0.1) is 11.7 Å². The van der Waals surface area contributed by atoms with Crippen molar-refractivity contribution in [3.8, 4) is 0 Å². The van der Waals surface area contributed by atoms with E-state index in [-0.39, 0.29) is 17.7 Å². The third kappa shape index (κ3) is 4.72. The number of urea groups is 1. The van der Waals surface area contributed by atoms with Crippen LogP contribution in [0.3, 0.4) is 0 Å². The maximum Gasteiger partial charge on any atom is 0.319 e. The van der Waals surface area contributed by atoms with E-state index in [0.717, 1.165) is 18.4 Å². The van der Waals surface area contributed by atoms with Gasteiger partial charge in [0.15, 0.2) is 0 Å². The fourth-order valence-corrected chi connectivity index (χ4v) is 2.58. The van der Waals surface area contributed by atoms with Crippen LogP contribution in [0.15, 0.2) is 24.3 Å². The first-order valence-electron chi connectivity index (χ1n) is 7.35. The second-order valence-corrected chi connectivity index (χ2v) is 6.20. The first kappa shape index (κ1) is 15.8. The predicted molar refractivity (Wildman–Crippen MR) is 82.3 cm³/mol. The molecule has 1 aliphatic rings. The minimum Gasteiger partial charge on any atom is -0.389 e. The van der Waals surface area contributed by atoms with E-state index in [9.17, 15) is 9.90 Å². The summed E-state index contributed by atoms with van der Waals surface area (Å²) in [5, 5.41) is 15.3. The molecule has 1 aromatic carbocycles. The minimum atomic E-state index is -0.550. The van der Waals surface area contributed by atoms with Crippen LogP contribution in [0.2, 0.25) is 0 Å². The van der Waals surface area contributed by atoms with Crippen molar-refractivity contribution < 1.29 is 14.6 Å². The number of anilines is 1. The van der Waals surface area contributed by atoms with E-state index in [4.69, 9.17) is 4.74 Å². The second kappa shape index (κ2) is 6.45. The Labute approximate surface area is 125 Å². The Morgan fingerprint density at radius 1 is 1.48 bits per heavy atom. The van der Waals surface area contributed by atoms with Crippen LogP contribution >= 0.6 is 0 Å². The highest BCUT2D eigenvalue weighted by Gasteiger charge is 2.29. The Balaban J connectivity index is 1.91. The molecule has 2 unspecified atom stereocenters. The van der Waals surface area contributed by atoms with Gasteiger partial charge in [0, 0.05) is 18.3 Å². The molecule has 1 saturated heterocycles. The predicted octanol–water partition coefficient (Wildman–Crippen LogP) is 2.82. The number of amides is 2. The van der Waals surface area contributed by atoms with Gasteiger partial charge in [0.1, 0.15) is 0 Å². The van der Waals surface area contributed by atoms with Gasteiger partial charge in [0.25, 0.3) is 0 Å². The van der Waals surface area contributed by atoms with E-state index in [1.807, 2.05) is 26.0 Å². The van der Waals surface area contributed by atoms with Gasteiger partial charge < -0.3 is 20.5 Å². The summed E-state index contributed by atoms with van der Waals surface area (Å²) in [5.41, 5.74) is 1.26. The molecule has 2 atom stereocenters. The maximum absolute atomic E-state index is 12.0. The first-order valence-corrected chi connectivity index (χ1v) is 7.35. The monoisotopic (exact) mass is 292 g/mol. The van der Waals surface area contributed by atoms with Gasteiger partial charge in [-0.15, -0.1) is 0 Å². The zero-order chi connectivity index (χ0) is 15.5. The van der Waals surface area contributed by atoms with Crippen LogP contribution in [0.4, 0.5) is 10.5 Å². The van der Waals surface area contributed by atoms with Gasteiger partial charge in [0.2, 0.25) is 0 Å². The van der Waals surface area contributed by atoms with E-state index in [1.54, 1.807) is 19.1 Å². The Bertz CT molecular complexity index is 500. The quantitative estimate of drug-likeness (QED) is 0.802. The van der Waals surface area contributed by atoms with Crippen molar-refractivity contribution in [3.05, 3.63) is 29.8 Å². The maximum atomic E-state index is 12.0. The van der Waals surface area contributed by atoms with Crippen LogP contribution in [0, 0.1) is 0 Å². The van der Waals surface area contributed by atoms with Crippen molar-refractivity contribution in [2.45, 2.75) is 51.4 Å². The van der Waals surface area contributed by atoms with E-state index >= 15 is 0 Å². The third-order valence-corrected chi connectivity index (χ3v) is 3.66. The topological polar surface area (TPSA) is 70.6 Å². The minimum absolute atomic E-state index is 0.119. The van der Waals surface area contributed by atoms with E-state index in [1.165, 1.54) is 0 Å². The zero-order valence-electron chi connectivity index (χ0n) is 12.8. The van der Waals surface area contributed by atoms with Gasteiger partial charge in [-0.05, 0) is 51.3 Å². The molecule has 1 aliphatic heterocycles. The van der Waals surface area contributed by atoms with Gasteiger partial charge in [-0.2, -0.15) is 0 Å². The summed E-state index contributed by atoms with van der Waals surface area (Å²) >= 11 is 0. The SMILES string of the molecule is CC(O)c1cccc(NC(=O)NC2CCOC(C)(C)C2)c1. The fraction of sp³-hybridized carbons (Fsp3) is 0.562. The highest BCUT2D eigenvalue weighted by Crippen LogP contribution is 2.24.